The molecule has 1 aliphatic carbocycles. The molecule has 1 aliphatic rings. The molecule has 2 aromatic rings. The number of aromatic nitrogens is 1. The summed E-state index contributed by atoms with van der Waals surface area (Å²) < 4.78 is 65.5. The van der Waals surface area contributed by atoms with Crippen LogP contribution in [0.1, 0.15) is 44.3 Å². The SMILES string of the molecule is NC(=O)c1csc(NC(=O)c2cc(C3CC3(F)F)cc(C(F)(F)F)c2)n1. The summed E-state index contributed by atoms with van der Waals surface area (Å²) in [5.74, 6) is -6.23. The quantitative estimate of drug-likeness (QED) is 0.781. The fourth-order valence-electron chi connectivity index (χ4n) is 2.34. The Morgan fingerprint density at radius 1 is 1.27 bits per heavy atom. The first-order valence-corrected chi connectivity index (χ1v) is 8.02. The number of benzene rings is 1. The number of hydrogen-bond donors (Lipinski definition) is 2. The van der Waals surface area contributed by atoms with Gasteiger partial charge in [-0.2, -0.15) is 13.2 Å². The first-order chi connectivity index (χ1) is 12.0. The smallest absolute Gasteiger partial charge is 0.364 e. The van der Waals surface area contributed by atoms with E-state index < -0.39 is 47.4 Å². The third-order valence-electron chi connectivity index (χ3n) is 3.75. The number of carbonyl (C=O) groups is 2. The van der Waals surface area contributed by atoms with Crippen LogP contribution in [0.15, 0.2) is 23.6 Å². The summed E-state index contributed by atoms with van der Waals surface area (Å²) in [7, 11) is 0. The molecule has 1 aromatic heterocycles. The lowest BCUT2D eigenvalue weighted by Gasteiger charge is -2.12. The van der Waals surface area contributed by atoms with Gasteiger partial charge >= 0.3 is 6.18 Å². The van der Waals surface area contributed by atoms with Crippen LogP contribution >= 0.6 is 11.3 Å². The third-order valence-corrected chi connectivity index (χ3v) is 4.51. The highest BCUT2D eigenvalue weighted by Gasteiger charge is 2.58. The maximum Gasteiger partial charge on any atom is 0.416 e. The van der Waals surface area contributed by atoms with E-state index in [4.69, 9.17) is 5.73 Å². The number of nitrogens with one attached hydrogen (secondary N) is 1. The van der Waals surface area contributed by atoms with Crippen LogP contribution in [0.5, 0.6) is 0 Å². The van der Waals surface area contributed by atoms with Crippen molar-refractivity contribution >= 4 is 28.3 Å². The Balaban J connectivity index is 1.91. The van der Waals surface area contributed by atoms with Crippen molar-refractivity contribution in [1.29, 1.82) is 0 Å². The molecule has 1 unspecified atom stereocenters. The average molecular weight is 391 g/mol. The minimum absolute atomic E-state index is 0.0560. The maximum absolute atomic E-state index is 13.2. The van der Waals surface area contributed by atoms with Gasteiger partial charge in [0.05, 0.1) is 11.5 Å². The Bertz CT molecular complexity index is 894. The number of alkyl halides is 5. The summed E-state index contributed by atoms with van der Waals surface area (Å²) >= 11 is 0.847. The van der Waals surface area contributed by atoms with Gasteiger partial charge < -0.3 is 5.73 Å². The molecular weight excluding hydrogens is 381 g/mol. The zero-order valence-corrected chi connectivity index (χ0v) is 13.5. The first kappa shape index (κ1) is 18.2. The Kier molecular flexibility index (Phi) is 4.21. The second-order valence-electron chi connectivity index (χ2n) is 5.72. The highest BCUT2D eigenvalue weighted by molar-refractivity contribution is 7.14. The molecular formula is C15H10F5N3O2S. The van der Waals surface area contributed by atoms with E-state index in [0.29, 0.717) is 12.1 Å². The lowest BCUT2D eigenvalue weighted by atomic mass is 10.0. The molecule has 3 rings (SSSR count). The van der Waals surface area contributed by atoms with Crippen LogP contribution < -0.4 is 11.1 Å². The molecule has 0 bridgehead atoms. The highest BCUT2D eigenvalue weighted by atomic mass is 32.1. The number of amides is 2. The largest absolute Gasteiger partial charge is 0.416 e. The van der Waals surface area contributed by atoms with Gasteiger partial charge in [0, 0.05) is 17.4 Å². The van der Waals surface area contributed by atoms with Crippen molar-refractivity contribution in [2.24, 2.45) is 5.73 Å². The molecule has 138 valence electrons. The van der Waals surface area contributed by atoms with Gasteiger partial charge in [0.15, 0.2) is 5.13 Å². The fourth-order valence-corrected chi connectivity index (χ4v) is 3.03. The number of halogens is 5. The van der Waals surface area contributed by atoms with E-state index in [0.717, 1.165) is 17.4 Å². The molecule has 0 aliphatic heterocycles. The number of hydrogen-bond acceptors (Lipinski definition) is 4. The van der Waals surface area contributed by atoms with Crippen LogP contribution in [0, 0.1) is 0 Å². The normalized spacial score (nSPS) is 18.4. The second-order valence-corrected chi connectivity index (χ2v) is 6.57. The molecule has 1 atom stereocenters. The number of rotatable bonds is 4. The van der Waals surface area contributed by atoms with Gasteiger partial charge in [-0.15, -0.1) is 11.3 Å². The van der Waals surface area contributed by atoms with Crippen molar-refractivity contribution < 1.29 is 31.5 Å². The zero-order valence-electron chi connectivity index (χ0n) is 12.7. The standard InChI is InChI=1S/C15H10F5N3O2S/c16-14(17)4-9(14)6-1-7(3-8(2-6)15(18,19)20)12(25)23-13-22-10(5-26-13)11(21)24/h1-3,5,9H,4H2,(H2,21,24)(H,22,23,25). The number of nitrogens with two attached hydrogens (primary N) is 1. The summed E-state index contributed by atoms with van der Waals surface area (Å²) in [5.41, 5.74) is 3.01. The molecule has 0 spiro atoms. The van der Waals surface area contributed by atoms with E-state index in [-0.39, 0.29) is 16.4 Å². The Morgan fingerprint density at radius 3 is 2.42 bits per heavy atom. The lowest BCUT2D eigenvalue weighted by Crippen LogP contribution is -2.16. The van der Waals surface area contributed by atoms with Crippen LogP contribution in [-0.2, 0) is 6.18 Å². The lowest BCUT2D eigenvalue weighted by molar-refractivity contribution is -0.137. The second kappa shape index (κ2) is 6.01. The van der Waals surface area contributed by atoms with Crippen LogP contribution in [0.3, 0.4) is 0 Å². The van der Waals surface area contributed by atoms with Gasteiger partial charge in [0.25, 0.3) is 17.7 Å². The summed E-state index contributed by atoms with van der Waals surface area (Å²) in [4.78, 5) is 26.9. The third kappa shape index (κ3) is 3.66. The van der Waals surface area contributed by atoms with Gasteiger partial charge in [-0.25, -0.2) is 13.8 Å². The molecule has 1 aromatic carbocycles. The summed E-state index contributed by atoms with van der Waals surface area (Å²) in [6.45, 7) is 0. The highest BCUT2D eigenvalue weighted by Crippen LogP contribution is 2.56. The summed E-state index contributed by atoms with van der Waals surface area (Å²) in [5, 5.41) is 3.43. The van der Waals surface area contributed by atoms with Gasteiger partial charge in [-0.3, -0.25) is 14.9 Å². The molecule has 3 N–H and O–H groups in total. The monoisotopic (exact) mass is 391 g/mol. The zero-order chi connectivity index (χ0) is 19.3. The molecule has 1 fully saturated rings. The Hall–Kier alpha value is -2.56. The van der Waals surface area contributed by atoms with Gasteiger partial charge in [0.2, 0.25) is 0 Å². The van der Waals surface area contributed by atoms with E-state index in [1.807, 2.05) is 0 Å². The average Bonchev–Trinajstić information content (AvgIpc) is 2.94. The molecule has 1 saturated carbocycles. The van der Waals surface area contributed by atoms with Crippen LogP contribution in [0.2, 0.25) is 0 Å². The molecule has 1 heterocycles. The molecule has 0 saturated heterocycles. The van der Waals surface area contributed by atoms with Crippen molar-refractivity contribution in [3.05, 3.63) is 46.0 Å². The first-order valence-electron chi connectivity index (χ1n) is 7.14. The van der Waals surface area contributed by atoms with Crippen molar-refractivity contribution in [3.8, 4) is 0 Å². The van der Waals surface area contributed by atoms with E-state index >= 15 is 0 Å². The number of anilines is 1. The van der Waals surface area contributed by atoms with Crippen LogP contribution in [-0.4, -0.2) is 22.7 Å². The predicted molar refractivity (Wildman–Crippen MR) is 82.3 cm³/mol. The molecule has 5 nitrogen and oxygen atoms in total. The fraction of sp³-hybridized carbons (Fsp3) is 0.267. The molecule has 26 heavy (non-hydrogen) atoms. The number of thiazole rings is 1. The van der Waals surface area contributed by atoms with E-state index in [1.54, 1.807) is 0 Å². The van der Waals surface area contributed by atoms with Crippen LogP contribution in [0.4, 0.5) is 27.1 Å². The van der Waals surface area contributed by atoms with E-state index in [1.165, 1.54) is 5.38 Å². The Labute approximate surface area is 147 Å². The van der Waals surface area contributed by atoms with E-state index in [2.05, 4.69) is 10.3 Å². The van der Waals surface area contributed by atoms with E-state index in [9.17, 15) is 31.5 Å². The van der Waals surface area contributed by atoms with Crippen molar-refractivity contribution in [1.82, 2.24) is 4.98 Å². The minimum atomic E-state index is -4.80. The van der Waals surface area contributed by atoms with Crippen molar-refractivity contribution in [2.45, 2.75) is 24.4 Å². The predicted octanol–water partition coefficient (Wildman–Crippen LogP) is 3.64. The van der Waals surface area contributed by atoms with Crippen molar-refractivity contribution in [3.63, 3.8) is 0 Å². The molecule has 11 heteroatoms. The van der Waals surface area contributed by atoms with Crippen molar-refractivity contribution in [2.75, 3.05) is 5.32 Å². The van der Waals surface area contributed by atoms with Gasteiger partial charge in [-0.1, -0.05) is 0 Å². The number of carbonyl (C=O) groups excluding carboxylic acids is 2. The minimum Gasteiger partial charge on any atom is -0.364 e. The van der Waals surface area contributed by atoms with Gasteiger partial charge in [0.1, 0.15) is 5.69 Å². The van der Waals surface area contributed by atoms with Gasteiger partial charge in [-0.05, 0) is 23.8 Å². The Morgan fingerprint density at radius 2 is 1.92 bits per heavy atom. The summed E-state index contributed by atoms with van der Waals surface area (Å²) in [6.07, 6.45) is -5.36. The molecule has 0 radical (unpaired) electrons. The topological polar surface area (TPSA) is 85.1 Å². The van der Waals surface area contributed by atoms with Crippen LogP contribution in [0.25, 0.3) is 0 Å². The molecule has 2 amide bonds. The maximum atomic E-state index is 13.2. The number of primary amides is 1. The summed E-state index contributed by atoms with van der Waals surface area (Å²) in [6, 6.07) is 2.19. The number of nitrogens with zero attached hydrogens (tertiary/aromatic N) is 1.